The van der Waals surface area contributed by atoms with Crippen LogP contribution in [0.2, 0.25) is 0 Å². The van der Waals surface area contributed by atoms with Crippen LogP contribution < -0.4 is 5.32 Å². The molecule has 1 aliphatic carbocycles. The molecule has 1 aliphatic rings. The van der Waals surface area contributed by atoms with Crippen LogP contribution in [0.1, 0.15) is 35.3 Å². The lowest BCUT2D eigenvalue weighted by molar-refractivity contribution is -0.141. The Hall–Kier alpha value is -2.50. The Kier molecular flexibility index (Phi) is 3.98. The summed E-state index contributed by atoms with van der Waals surface area (Å²) in [7, 11) is 0. The maximum Gasteiger partial charge on any atom is 0.306 e. The lowest BCUT2D eigenvalue weighted by atomic mass is 10.1. The second kappa shape index (κ2) is 5.95. The lowest BCUT2D eigenvalue weighted by Crippen LogP contribution is -2.33. The highest BCUT2D eigenvalue weighted by molar-refractivity contribution is 5.98. The number of hydrogen-bond donors (Lipinski definition) is 2. The first-order chi connectivity index (χ1) is 10.9. The van der Waals surface area contributed by atoms with E-state index >= 15 is 0 Å². The van der Waals surface area contributed by atoms with Crippen molar-refractivity contribution in [1.82, 2.24) is 10.3 Å². The number of nitrogens with zero attached hydrogens (tertiary/aromatic N) is 1. The molecule has 0 spiro atoms. The predicted molar refractivity (Wildman–Crippen MR) is 82.7 cm³/mol. The van der Waals surface area contributed by atoms with Crippen molar-refractivity contribution in [2.24, 2.45) is 5.92 Å². The van der Waals surface area contributed by atoms with E-state index in [4.69, 9.17) is 5.11 Å². The first-order valence-corrected chi connectivity index (χ1v) is 7.54. The Morgan fingerprint density at radius 3 is 2.78 bits per heavy atom. The van der Waals surface area contributed by atoms with Crippen molar-refractivity contribution in [3.05, 3.63) is 41.3 Å². The van der Waals surface area contributed by atoms with E-state index in [1.807, 2.05) is 0 Å². The number of carbonyl (C=O) groups excluding carboxylic acids is 1. The van der Waals surface area contributed by atoms with E-state index in [2.05, 4.69) is 10.3 Å². The molecule has 0 saturated heterocycles. The van der Waals surface area contributed by atoms with Gasteiger partial charge in [0.25, 0.3) is 5.91 Å². The zero-order chi connectivity index (χ0) is 16.6. The van der Waals surface area contributed by atoms with Crippen LogP contribution >= 0.6 is 0 Å². The van der Waals surface area contributed by atoms with Gasteiger partial charge in [-0.05, 0) is 44.4 Å². The first kappa shape index (κ1) is 15.4. The topological polar surface area (TPSA) is 79.3 Å². The molecule has 1 amide bonds. The van der Waals surface area contributed by atoms with Gasteiger partial charge in [-0.3, -0.25) is 14.6 Å². The monoisotopic (exact) mass is 316 g/mol. The van der Waals surface area contributed by atoms with Crippen molar-refractivity contribution in [1.29, 1.82) is 0 Å². The third-order valence-corrected chi connectivity index (χ3v) is 4.33. The highest BCUT2D eigenvalue weighted by Crippen LogP contribution is 2.26. The molecule has 2 atom stereocenters. The number of fused-ring (bicyclic) bond motifs is 1. The number of hydrogen-bond acceptors (Lipinski definition) is 3. The zero-order valence-corrected chi connectivity index (χ0v) is 12.7. The van der Waals surface area contributed by atoms with Gasteiger partial charge in [0.05, 0.1) is 22.7 Å². The van der Waals surface area contributed by atoms with Gasteiger partial charge in [0.15, 0.2) is 0 Å². The number of carboxylic acids is 1. The van der Waals surface area contributed by atoms with E-state index in [9.17, 15) is 14.0 Å². The minimum Gasteiger partial charge on any atom is -0.481 e. The van der Waals surface area contributed by atoms with Gasteiger partial charge in [-0.25, -0.2) is 4.39 Å². The molecule has 0 bridgehead atoms. The van der Waals surface area contributed by atoms with Crippen molar-refractivity contribution < 1.29 is 19.1 Å². The van der Waals surface area contributed by atoms with Gasteiger partial charge in [-0.15, -0.1) is 0 Å². The number of aliphatic carboxylic acids is 1. The van der Waals surface area contributed by atoms with Crippen LogP contribution in [-0.4, -0.2) is 28.0 Å². The molecular weight excluding hydrogens is 299 g/mol. The summed E-state index contributed by atoms with van der Waals surface area (Å²) in [6.45, 7) is 1.70. The molecule has 2 N–H and O–H groups in total. The third-order valence-electron chi connectivity index (χ3n) is 4.33. The molecular formula is C17H17FN2O3. The van der Waals surface area contributed by atoms with E-state index in [1.54, 1.807) is 19.1 Å². The highest BCUT2D eigenvalue weighted by atomic mass is 19.1. The van der Waals surface area contributed by atoms with Crippen molar-refractivity contribution in [2.75, 3.05) is 0 Å². The van der Waals surface area contributed by atoms with E-state index in [0.29, 0.717) is 41.4 Å². The number of amides is 1. The number of rotatable bonds is 3. The van der Waals surface area contributed by atoms with Gasteiger partial charge in [0.1, 0.15) is 5.82 Å². The number of carbonyl (C=O) groups is 2. The van der Waals surface area contributed by atoms with Crippen LogP contribution in [0.15, 0.2) is 24.3 Å². The Labute approximate surface area is 132 Å². The van der Waals surface area contributed by atoms with Gasteiger partial charge in [-0.1, -0.05) is 0 Å². The number of pyridine rings is 1. The fraction of sp³-hybridized carbons (Fsp3) is 0.353. The summed E-state index contributed by atoms with van der Waals surface area (Å²) < 4.78 is 13.2. The van der Waals surface area contributed by atoms with Gasteiger partial charge >= 0.3 is 5.97 Å². The molecule has 0 aliphatic heterocycles. The van der Waals surface area contributed by atoms with Gasteiger partial charge in [0.2, 0.25) is 0 Å². The molecule has 1 fully saturated rings. The van der Waals surface area contributed by atoms with Gasteiger partial charge in [-0.2, -0.15) is 0 Å². The van der Waals surface area contributed by atoms with Crippen LogP contribution in [0, 0.1) is 18.7 Å². The Morgan fingerprint density at radius 1 is 1.30 bits per heavy atom. The number of benzene rings is 1. The van der Waals surface area contributed by atoms with Crippen molar-refractivity contribution in [3.63, 3.8) is 0 Å². The Balaban J connectivity index is 1.80. The SMILES string of the molecule is Cc1nc2cc(F)ccc2cc1C(=O)N[C@H]1CC[C@@H](C(=O)O)C1. The molecule has 1 saturated carbocycles. The van der Waals surface area contributed by atoms with E-state index in [0.717, 1.165) is 0 Å². The maximum atomic E-state index is 13.2. The van der Waals surface area contributed by atoms with Crippen LogP contribution in [0.3, 0.4) is 0 Å². The molecule has 2 aromatic rings. The normalized spacial score (nSPS) is 20.6. The van der Waals surface area contributed by atoms with Crippen LogP contribution in [0.5, 0.6) is 0 Å². The summed E-state index contributed by atoms with van der Waals surface area (Å²) >= 11 is 0. The molecule has 1 aromatic heterocycles. The maximum absolute atomic E-state index is 13.2. The van der Waals surface area contributed by atoms with Gasteiger partial charge < -0.3 is 10.4 Å². The summed E-state index contributed by atoms with van der Waals surface area (Å²) in [6.07, 6.45) is 1.69. The fourth-order valence-corrected chi connectivity index (χ4v) is 3.07. The second-order valence-electron chi connectivity index (χ2n) is 5.98. The predicted octanol–water partition coefficient (Wildman–Crippen LogP) is 2.67. The average Bonchev–Trinajstić information content (AvgIpc) is 2.95. The smallest absolute Gasteiger partial charge is 0.306 e. The minimum atomic E-state index is -0.813. The minimum absolute atomic E-state index is 0.132. The van der Waals surface area contributed by atoms with Crippen molar-refractivity contribution >= 4 is 22.8 Å². The standard InChI is InChI=1S/C17H17FN2O3/c1-9-14(7-10-2-4-12(18)8-15(10)19-9)16(21)20-13-5-3-11(6-13)17(22)23/h2,4,7-8,11,13H,3,5-6H2,1H3,(H,20,21)(H,22,23)/t11-,13+/m1/s1. The molecule has 0 radical (unpaired) electrons. The summed E-state index contributed by atoms with van der Waals surface area (Å²) in [5.74, 6) is -1.84. The quantitative estimate of drug-likeness (QED) is 0.912. The molecule has 1 aromatic carbocycles. The van der Waals surface area contributed by atoms with E-state index < -0.39 is 5.97 Å². The molecule has 0 unspecified atom stereocenters. The van der Waals surface area contributed by atoms with E-state index in [-0.39, 0.29) is 23.7 Å². The van der Waals surface area contributed by atoms with Crippen molar-refractivity contribution in [3.8, 4) is 0 Å². The Morgan fingerprint density at radius 2 is 2.09 bits per heavy atom. The first-order valence-electron chi connectivity index (χ1n) is 7.54. The number of nitrogens with one attached hydrogen (secondary N) is 1. The molecule has 23 heavy (non-hydrogen) atoms. The molecule has 120 valence electrons. The van der Waals surface area contributed by atoms with Crippen molar-refractivity contribution in [2.45, 2.75) is 32.2 Å². The lowest BCUT2D eigenvalue weighted by Gasteiger charge is -2.14. The average molecular weight is 316 g/mol. The van der Waals surface area contributed by atoms with Crippen LogP contribution in [0.25, 0.3) is 10.9 Å². The fourth-order valence-electron chi connectivity index (χ4n) is 3.07. The second-order valence-corrected chi connectivity index (χ2v) is 5.98. The molecule has 3 rings (SSSR count). The molecule has 6 heteroatoms. The summed E-state index contributed by atoms with van der Waals surface area (Å²) in [6, 6.07) is 5.81. The molecule has 1 heterocycles. The van der Waals surface area contributed by atoms with Crippen LogP contribution in [0.4, 0.5) is 4.39 Å². The van der Waals surface area contributed by atoms with E-state index in [1.165, 1.54) is 12.1 Å². The van der Waals surface area contributed by atoms with Gasteiger partial charge in [0, 0.05) is 17.5 Å². The Bertz CT molecular complexity index is 791. The number of halogens is 1. The molecule has 5 nitrogen and oxygen atoms in total. The zero-order valence-electron chi connectivity index (χ0n) is 12.7. The number of aromatic nitrogens is 1. The summed E-state index contributed by atoms with van der Waals surface area (Å²) in [5.41, 5.74) is 1.46. The number of carboxylic acid groups (broad SMARTS) is 1. The highest BCUT2D eigenvalue weighted by Gasteiger charge is 2.31. The third kappa shape index (κ3) is 3.16. The number of aryl methyl sites for hydroxylation is 1. The largest absolute Gasteiger partial charge is 0.481 e. The summed E-state index contributed by atoms with van der Waals surface area (Å²) in [5, 5.41) is 12.6. The summed E-state index contributed by atoms with van der Waals surface area (Å²) in [4.78, 5) is 27.7. The van der Waals surface area contributed by atoms with Crippen LogP contribution in [-0.2, 0) is 4.79 Å².